The average Bonchev–Trinajstić information content (AvgIpc) is 2.82. The van der Waals surface area contributed by atoms with Gasteiger partial charge in [-0.05, 0) is 48.4 Å². The molecule has 3 rings (SSSR count). The molecule has 0 atom stereocenters. The number of pyridine rings is 1. The zero-order valence-corrected chi connectivity index (χ0v) is 18.5. The summed E-state index contributed by atoms with van der Waals surface area (Å²) >= 11 is 0. The highest BCUT2D eigenvalue weighted by molar-refractivity contribution is 5.92. The number of hydrogen-bond acceptors (Lipinski definition) is 6. The molecule has 8 heteroatoms. The molecule has 0 spiro atoms. The number of amides is 1. The van der Waals surface area contributed by atoms with Gasteiger partial charge >= 0.3 is 0 Å². The highest BCUT2D eigenvalue weighted by Crippen LogP contribution is 2.31. The maximum Gasteiger partial charge on any atom is 0.251 e. The van der Waals surface area contributed by atoms with E-state index in [9.17, 15) is 9.59 Å². The molecule has 1 amide bonds. The summed E-state index contributed by atoms with van der Waals surface area (Å²) in [6.45, 7) is 0.302. The van der Waals surface area contributed by atoms with Crippen LogP contribution in [0.4, 0.5) is 0 Å². The molecule has 2 N–H and O–H groups in total. The van der Waals surface area contributed by atoms with Crippen LogP contribution in [0, 0.1) is 0 Å². The van der Waals surface area contributed by atoms with Crippen LogP contribution in [0.3, 0.4) is 0 Å². The summed E-state index contributed by atoms with van der Waals surface area (Å²) in [4.78, 5) is 27.5. The molecule has 168 valence electrons. The lowest BCUT2D eigenvalue weighted by atomic mass is 10.1. The van der Waals surface area contributed by atoms with Gasteiger partial charge in [0.2, 0.25) is 5.91 Å². The number of benzene rings is 2. The smallest absolute Gasteiger partial charge is 0.251 e. The minimum atomic E-state index is -0.267. The van der Waals surface area contributed by atoms with Gasteiger partial charge < -0.3 is 29.2 Å². The molecule has 0 radical (unpaired) electrons. The van der Waals surface area contributed by atoms with Gasteiger partial charge in [0.15, 0.2) is 11.5 Å². The maximum atomic E-state index is 12.5. The van der Waals surface area contributed by atoms with Gasteiger partial charge in [-0.2, -0.15) is 0 Å². The Balaban J connectivity index is 1.67. The second-order valence-electron chi connectivity index (χ2n) is 6.87. The number of carbonyl (C=O) groups is 1. The Hall–Kier alpha value is -3.94. The van der Waals surface area contributed by atoms with E-state index in [0.29, 0.717) is 47.0 Å². The lowest BCUT2D eigenvalue weighted by Crippen LogP contribution is -2.25. The quantitative estimate of drug-likeness (QED) is 0.499. The van der Waals surface area contributed by atoms with E-state index in [1.165, 1.54) is 6.08 Å². The van der Waals surface area contributed by atoms with Gasteiger partial charge in [-0.3, -0.25) is 9.59 Å². The van der Waals surface area contributed by atoms with Crippen molar-refractivity contribution in [1.82, 2.24) is 10.3 Å². The van der Waals surface area contributed by atoms with Crippen molar-refractivity contribution in [2.45, 2.75) is 6.42 Å². The zero-order valence-electron chi connectivity index (χ0n) is 18.5. The van der Waals surface area contributed by atoms with Crippen molar-refractivity contribution in [3.05, 3.63) is 64.0 Å². The molecule has 0 bridgehead atoms. The number of methoxy groups -OCH3 is 4. The van der Waals surface area contributed by atoms with Crippen LogP contribution in [-0.2, 0) is 11.2 Å². The van der Waals surface area contributed by atoms with Crippen molar-refractivity contribution in [1.29, 1.82) is 0 Å². The summed E-state index contributed by atoms with van der Waals surface area (Å²) in [6.07, 6.45) is 3.47. The van der Waals surface area contributed by atoms with Crippen LogP contribution in [0.15, 0.2) is 47.3 Å². The molecule has 0 aliphatic carbocycles. The van der Waals surface area contributed by atoms with Crippen molar-refractivity contribution in [3.63, 3.8) is 0 Å². The zero-order chi connectivity index (χ0) is 23.1. The number of hydrogen-bond donors (Lipinski definition) is 2. The van der Waals surface area contributed by atoms with Crippen LogP contribution in [0.25, 0.3) is 17.0 Å². The minimum Gasteiger partial charge on any atom is -0.496 e. The highest BCUT2D eigenvalue weighted by atomic mass is 16.5. The van der Waals surface area contributed by atoms with Crippen LogP contribution >= 0.6 is 0 Å². The predicted octanol–water partition coefficient (Wildman–Crippen LogP) is 2.93. The Bertz CT molecular complexity index is 1200. The molecule has 1 aromatic heterocycles. The van der Waals surface area contributed by atoms with Gasteiger partial charge in [-0.15, -0.1) is 0 Å². The van der Waals surface area contributed by atoms with Crippen molar-refractivity contribution in [3.8, 4) is 23.0 Å². The number of carbonyl (C=O) groups excluding carboxylic acids is 1. The van der Waals surface area contributed by atoms with Crippen molar-refractivity contribution in [2.24, 2.45) is 0 Å². The summed E-state index contributed by atoms with van der Waals surface area (Å²) in [7, 11) is 6.22. The minimum absolute atomic E-state index is 0.237. The molecule has 1 heterocycles. The summed E-state index contributed by atoms with van der Waals surface area (Å²) in [5.41, 5.74) is 1.67. The van der Waals surface area contributed by atoms with Gasteiger partial charge in [0, 0.05) is 23.6 Å². The Labute approximate surface area is 185 Å². The van der Waals surface area contributed by atoms with Gasteiger partial charge in [0.25, 0.3) is 5.56 Å². The number of fused-ring (bicyclic) bond motifs is 1. The standard InChI is InChI=1S/C24H26N2O6/c1-29-18-8-9-20(31-3)23-17(18)14-16(24(28)26-23)11-12-25-22(27)10-6-15-5-7-19(30-2)21(13-15)32-4/h5-10,13-14H,11-12H2,1-4H3,(H,25,27)(H,26,28)/b10-6-. The number of H-pyrrole nitrogens is 1. The SMILES string of the molecule is COc1ccc(/C=C\C(=O)NCCc2cc3c(OC)ccc(OC)c3[nH]c2=O)cc1OC. The molecule has 0 unspecified atom stereocenters. The number of aromatic nitrogens is 1. The fourth-order valence-electron chi connectivity index (χ4n) is 3.33. The van der Waals surface area contributed by atoms with E-state index >= 15 is 0 Å². The lowest BCUT2D eigenvalue weighted by molar-refractivity contribution is -0.116. The predicted molar refractivity (Wildman–Crippen MR) is 123 cm³/mol. The molecule has 32 heavy (non-hydrogen) atoms. The molecular formula is C24H26N2O6. The van der Waals surface area contributed by atoms with Gasteiger partial charge in [0.1, 0.15) is 11.5 Å². The first-order valence-corrected chi connectivity index (χ1v) is 9.95. The number of rotatable bonds is 9. The van der Waals surface area contributed by atoms with Crippen molar-refractivity contribution in [2.75, 3.05) is 35.0 Å². The van der Waals surface area contributed by atoms with Crippen molar-refractivity contribution < 1.29 is 23.7 Å². The summed E-state index contributed by atoms with van der Waals surface area (Å²) < 4.78 is 21.2. The molecule has 2 aromatic carbocycles. The van der Waals surface area contributed by atoms with Gasteiger partial charge in [-0.1, -0.05) is 6.07 Å². The van der Waals surface area contributed by atoms with E-state index < -0.39 is 0 Å². The highest BCUT2D eigenvalue weighted by Gasteiger charge is 2.11. The first kappa shape index (κ1) is 22.7. The van der Waals surface area contributed by atoms with Gasteiger partial charge in [0.05, 0.1) is 34.0 Å². The third kappa shape index (κ3) is 5.03. The molecule has 0 saturated carbocycles. The fraction of sp³-hybridized carbons (Fsp3) is 0.250. The summed E-state index contributed by atoms with van der Waals surface area (Å²) in [5.74, 6) is 2.11. The van der Waals surface area contributed by atoms with Crippen LogP contribution in [0.5, 0.6) is 23.0 Å². The van der Waals surface area contributed by atoms with Crippen LogP contribution in [0.2, 0.25) is 0 Å². The number of aromatic amines is 1. The first-order chi connectivity index (χ1) is 15.5. The lowest BCUT2D eigenvalue weighted by Gasteiger charge is -2.11. The molecule has 0 saturated heterocycles. The monoisotopic (exact) mass is 438 g/mol. The van der Waals surface area contributed by atoms with E-state index in [1.807, 2.05) is 6.07 Å². The van der Waals surface area contributed by atoms with E-state index in [-0.39, 0.29) is 11.5 Å². The molecular weight excluding hydrogens is 412 g/mol. The topological polar surface area (TPSA) is 98.9 Å². The molecule has 0 aliphatic rings. The van der Waals surface area contributed by atoms with E-state index in [1.54, 1.807) is 64.8 Å². The second-order valence-corrected chi connectivity index (χ2v) is 6.87. The van der Waals surface area contributed by atoms with E-state index in [0.717, 1.165) is 10.9 Å². The average molecular weight is 438 g/mol. The number of ether oxygens (including phenoxy) is 4. The van der Waals surface area contributed by atoms with Crippen LogP contribution < -0.4 is 29.8 Å². The van der Waals surface area contributed by atoms with Crippen molar-refractivity contribution >= 4 is 22.9 Å². The van der Waals surface area contributed by atoms with Crippen LogP contribution in [0.1, 0.15) is 11.1 Å². The largest absolute Gasteiger partial charge is 0.496 e. The Kier molecular flexibility index (Phi) is 7.38. The van der Waals surface area contributed by atoms with E-state index in [4.69, 9.17) is 18.9 Å². The van der Waals surface area contributed by atoms with E-state index in [2.05, 4.69) is 10.3 Å². The maximum absolute atomic E-state index is 12.5. The fourth-order valence-corrected chi connectivity index (χ4v) is 3.33. The molecule has 3 aromatic rings. The third-order valence-corrected chi connectivity index (χ3v) is 4.98. The number of nitrogens with one attached hydrogen (secondary N) is 2. The summed E-state index contributed by atoms with van der Waals surface area (Å²) in [5, 5.41) is 3.53. The molecule has 0 fully saturated rings. The van der Waals surface area contributed by atoms with Crippen LogP contribution in [-0.4, -0.2) is 45.9 Å². The van der Waals surface area contributed by atoms with Gasteiger partial charge in [-0.25, -0.2) is 0 Å². The molecule has 0 aliphatic heterocycles. The second kappa shape index (κ2) is 10.4. The Morgan fingerprint density at radius 2 is 1.56 bits per heavy atom. The molecule has 8 nitrogen and oxygen atoms in total. The first-order valence-electron chi connectivity index (χ1n) is 9.95. The Morgan fingerprint density at radius 1 is 0.906 bits per heavy atom. The Morgan fingerprint density at radius 3 is 2.25 bits per heavy atom. The normalized spacial score (nSPS) is 10.9. The summed E-state index contributed by atoms with van der Waals surface area (Å²) in [6, 6.07) is 10.7. The third-order valence-electron chi connectivity index (χ3n) is 4.98.